The number of nitrogens with one attached hydrogen (secondary N) is 1. The molecule has 18 heavy (non-hydrogen) atoms. The van der Waals surface area contributed by atoms with Crippen LogP contribution in [-0.4, -0.2) is 30.7 Å². The van der Waals surface area contributed by atoms with E-state index in [1.54, 1.807) is 31.3 Å². The van der Waals surface area contributed by atoms with Gasteiger partial charge in [0.1, 0.15) is 0 Å². The molecule has 0 saturated heterocycles. The highest BCUT2D eigenvalue weighted by atomic mass is 16.4. The van der Waals surface area contributed by atoms with Crippen LogP contribution in [0.25, 0.3) is 0 Å². The van der Waals surface area contributed by atoms with Gasteiger partial charge in [-0.3, -0.25) is 9.69 Å². The van der Waals surface area contributed by atoms with Gasteiger partial charge in [0.2, 0.25) is 0 Å². The van der Waals surface area contributed by atoms with Crippen LogP contribution in [0.2, 0.25) is 0 Å². The molecule has 0 bridgehead atoms. The first-order valence-corrected chi connectivity index (χ1v) is 5.28. The van der Waals surface area contributed by atoms with Gasteiger partial charge in [-0.05, 0) is 18.2 Å². The predicted octanol–water partition coefficient (Wildman–Crippen LogP) is 1.18. The summed E-state index contributed by atoms with van der Waals surface area (Å²) >= 11 is 0. The minimum Gasteiger partial charge on any atom is -0.481 e. The quantitative estimate of drug-likeness (QED) is 0.835. The normalized spacial score (nSPS) is 9.33. The molecule has 1 aromatic carbocycles. The number of carbonyl (C=O) groups excluding carboxylic acids is 1. The number of hydrogen-bond donors (Lipinski definition) is 2. The van der Waals surface area contributed by atoms with Gasteiger partial charge >= 0.3 is 12.0 Å². The van der Waals surface area contributed by atoms with Gasteiger partial charge in [0.25, 0.3) is 0 Å². The SMILES string of the molecule is CN(C(=O)NCCC(=O)O)c1cccc(C#N)c1. The summed E-state index contributed by atoms with van der Waals surface area (Å²) < 4.78 is 0. The van der Waals surface area contributed by atoms with E-state index in [2.05, 4.69) is 5.32 Å². The minimum absolute atomic E-state index is 0.0659. The molecule has 6 heteroatoms. The van der Waals surface area contributed by atoms with Crippen molar-refractivity contribution < 1.29 is 14.7 Å². The number of nitriles is 1. The van der Waals surface area contributed by atoms with Crippen LogP contribution in [-0.2, 0) is 4.79 Å². The Morgan fingerprint density at radius 2 is 2.22 bits per heavy atom. The maximum absolute atomic E-state index is 11.7. The lowest BCUT2D eigenvalue weighted by Crippen LogP contribution is -2.38. The van der Waals surface area contributed by atoms with Gasteiger partial charge in [-0.15, -0.1) is 0 Å². The molecule has 2 amide bonds. The fourth-order valence-corrected chi connectivity index (χ4v) is 1.30. The maximum Gasteiger partial charge on any atom is 0.321 e. The third-order valence-corrected chi connectivity index (χ3v) is 2.28. The zero-order chi connectivity index (χ0) is 13.5. The van der Waals surface area contributed by atoms with Crippen molar-refractivity contribution in [1.82, 2.24) is 5.32 Å². The van der Waals surface area contributed by atoms with Gasteiger partial charge in [-0.1, -0.05) is 6.07 Å². The minimum atomic E-state index is -0.968. The Balaban J connectivity index is 2.63. The van der Waals surface area contributed by atoms with Crippen LogP contribution in [0.4, 0.5) is 10.5 Å². The maximum atomic E-state index is 11.7. The molecule has 0 radical (unpaired) electrons. The smallest absolute Gasteiger partial charge is 0.321 e. The standard InChI is InChI=1S/C12H13N3O3/c1-15(12(18)14-6-5-11(16)17)10-4-2-3-9(7-10)8-13/h2-4,7H,5-6H2,1H3,(H,14,18)(H,16,17). The Kier molecular flexibility index (Phi) is 4.69. The number of rotatable bonds is 4. The molecule has 0 aliphatic heterocycles. The highest BCUT2D eigenvalue weighted by Crippen LogP contribution is 2.14. The van der Waals surface area contributed by atoms with Crippen LogP contribution in [0.5, 0.6) is 0 Å². The second-order valence-electron chi connectivity index (χ2n) is 3.60. The Hall–Kier alpha value is -2.55. The fraction of sp³-hybridized carbons (Fsp3) is 0.250. The summed E-state index contributed by atoms with van der Waals surface area (Å²) in [6, 6.07) is 8.16. The Bertz CT molecular complexity index is 494. The van der Waals surface area contributed by atoms with E-state index in [9.17, 15) is 9.59 Å². The number of carboxylic acid groups (broad SMARTS) is 1. The average Bonchev–Trinajstić information content (AvgIpc) is 2.37. The van der Waals surface area contributed by atoms with E-state index in [1.807, 2.05) is 6.07 Å². The van der Waals surface area contributed by atoms with Gasteiger partial charge in [0, 0.05) is 19.3 Å². The molecule has 1 aromatic rings. The van der Waals surface area contributed by atoms with Gasteiger partial charge in [0.05, 0.1) is 18.1 Å². The Morgan fingerprint density at radius 3 is 2.83 bits per heavy atom. The van der Waals surface area contributed by atoms with E-state index in [0.717, 1.165) is 0 Å². The first-order valence-electron chi connectivity index (χ1n) is 5.28. The molecule has 94 valence electrons. The van der Waals surface area contributed by atoms with Crippen molar-refractivity contribution in [3.63, 3.8) is 0 Å². The molecule has 6 nitrogen and oxygen atoms in total. The van der Waals surface area contributed by atoms with Gasteiger partial charge in [-0.25, -0.2) is 4.79 Å². The van der Waals surface area contributed by atoms with Crippen LogP contribution in [0, 0.1) is 11.3 Å². The fourth-order valence-electron chi connectivity index (χ4n) is 1.30. The highest BCUT2D eigenvalue weighted by Gasteiger charge is 2.10. The average molecular weight is 247 g/mol. The lowest BCUT2D eigenvalue weighted by atomic mass is 10.2. The largest absolute Gasteiger partial charge is 0.481 e. The topological polar surface area (TPSA) is 93.4 Å². The third-order valence-electron chi connectivity index (χ3n) is 2.28. The van der Waals surface area contributed by atoms with E-state index in [4.69, 9.17) is 10.4 Å². The zero-order valence-corrected chi connectivity index (χ0v) is 9.88. The molecular weight excluding hydrogens is 234 g/mol. The first-order chi connectivity index (χ1) is 8.54. The summed E-state index contributed by atoms with van der Waals surface area (Å²) in [5.74, 6) is -0.968. The van der Waals surface area contributed by atoms with Crippen molar-refractivity contribution in [3.8, 4) is 6.07 Å². The monoisotopic (exact) mass is 247 g/mol. The van der Waals surface area contributed by atoms with E-state index >= 15 is 0 Å². The first kappa shape index (κ1) is 13.5. The van der Waals surface area contributed by atoms with Crippen LogP contribution >= 0.6 is 0 Å². The summed E-state index contributed by atoms with van der Waals surface area (Å²) in [4.78, 5) is 23.3. The van der Waals surface area contributed by atoms with E-state index in [1.165, 1.54) is 4.90 Å². The number of carbonyl (C=O) groups is 2. The van der Waals surface area contributed by atoms with Crippen LogP contribution in [0.15, 0.2) is 24.3 Å². The number of aliphatic carboxylic acids is 1. The van der Waals surface area contributed by atoms with Gasteiger partial charge in [0.15, 0.2) is 0 Å². The molecule has 1 rings (SSSR count). The van der Waals surface area contributed by atoms with Crippen molar-refractivity contribution >= 4 is 17.7 Å². The molecule has 0 unspecified atom stereocenters. The van der Waals surface area contributed by atoms with Crippen molar-refractivity contribution in [3.05, 3.63) is 29.8 Å². The number of carboxylic acids is 1. The van der Waals surface area contributed by atoms with Crippen LogP contribution < -0.4 is 10.2 Å². The second kappa shape index (κ2) is 6.25. The zero-order valence-electron chi connectivity index (χ0n) is 9.88. The molecule has 0 aliphatic rings. The number of benzene rings is 1. The molecular formula is C12H13N3O3. The summed E-state index contributed by atoms with van der Waals surface area (Å²) in [5, 5.41) is 19.7. The number of anilines is 1. The second-order valence-corrected chi connectivity index (χ2v) is 3.60. The van der Waals surface area contributed by atoms with E-state index < -0.39 is 12.0 Å². The van der Waals surface area contributed by atoms with Gasteiger partial charge in [-0.2, -0.15) is 5.26 Å². The van der Waals surface area contributed by atoms with Crippen molar-refractivity contribution in [2.24, 2.45) is 0 Å². The summed E-state index contributed by atoms with van der Waals surface area (Å²) in [5.41, 5.74) is 1.03. The van der Waals surface area contributed by atoms with Gasteiger partial charge < -0.3 is 10.4 Å². The van der Waals surface area contributed by atoms with Crippen molar-refractivity contribution in [2.45, 2.75) is 6.42 Å². The molecule has 0 atom stereocenters. The number of hydrogen-bond acceptors (Lipinski definition) is 3. The number of urea groups is 1. The van der Waals surface area contributed by atoms with E-state index in [0.29, 0.717) is 11.3 Å². The molecule has 0 saturated carbocycles. The molecule has 0 fully saturated rings. The molecule has 0 aliphatic carbocycles. The summed E-state index contributed by atoms with van der Waals surface area (Å²) in [6.45, 7) is 0.0659. The molecule has 0 aromatic heterocycles. The summed E-state index contributed by atoms with van der Waals surface area (Å²) in [6.07, 6.45) is -0.127. The molecule has 0 heterocycles. The number of nitrogens with zero attached hydrogens (tertiary/aromatic N) is 2. The lowest BCUT2D eigenvalue weighted by Gasteiger charge is -2.17. The van der Waals surface area contributed by atoms with Crippen LogP contribution in [0.3, 0.4) is 0 Å². The Labute approximate surface area is 104 Å². The third kappa shape index (κ3) is 3.79. The molecule has 0 spiro atoms. The Morgan fingerprint density at radius 1 is 1.50 bits per heavy atom. The van der Waals surface area contributed by atoms with Crippen LogP contribution in [0.1, 0.15) is 12.0 Å². The highest BCUT2D eigenvalue weighted by molar-refractivity contribution is 5.91. The molecule has 2 N–H and O–H groups in total. The lowest BCUT2D eigenvalue weighted by molar-refractivity contribution is -0.136. The summed E-state index contributed by atoms with van der Waals surface area (Å²) in [7, 11) is 1.55. The van der Waals surface area contributed by atoms with Crippen molar-refractivity contribution in [2.75, 3.05) is 18.5 Å². The van der Waals surface area contributed by atoms with Crippen molar-refractivity contribution in [1.29, 1.82) is 5.26 Å². The predicted molar refractivity (Wildman–Crippen MR) is 65.2 cm³/mol. The van der Waals surface area contributed by atoms with E-state index in [-0.39, 0.29) is 13.0 Å². The number of amides is 2.